The first kappa shape index (κ1) is 17.0. The number of nitrogens with one attached hydrogen (secondary N) is 1. The van der Waals surface area contributed by atoms with E-state index in [0.717, 1.165) is 24.3 Å². The smallest absolute Gasteiger partial charge is 0.271 e. The zero-order chi connectivity index (χ0) is 16.7. The SMILES string of the molecule is CCN(CC)c1ccc(C(=O)N/N=C\c2ccc(Cl)cc2)cc1. The number of hydrogen-bond acceptors (Lipinski definition) is 3. The van der Waals surface area contributed by atoms with Crippen LogP contribution in [0.1, 0.15) is 29.8 Å². The van der Waals surface area contributed by atoms with Crippen LogP contribution in [0.25, 0.3) is 0 Å². The van der Waals surface area contributed by atoms with E-state index < -0.39 is 0 Å². The van der Waals surface area contributed by atoms with E-state index in [0.29, 0.717) is 10.6 Å². The maximum Gasteiger partial charge on any atom is 0.271 e. The fraction of sp³-hybridized carbons (Fsp3) is 0.222. The Morgan fingerprint density at radius 3 is 2.26 bits per heavy atom. The lowest BCUT2D eigenvalue weighted by Gasteiger charge is -2.20. The van der Waals surface area contributed by atoms with E-state index in [9.17, 15) is 4.79 Å². The summed E-state index contributed by atoms with van der Waals surface area (Å²) >= 11 is 5.81. The molecule has 2 rings (SSSR count). The van der Waals surface area contributed by atoms with Crippen LogP contribution < -0.4 is 10.3 Å². The van der Waals surface area contributed by atoms with Crippen LogP contribution in [-0.4, -0.2) is 25.2 Å². The van der Waals surface area contributed by atoms with Crippen molar-refractivity contribution in [2.75, 3.05) is 18.0 Å². The van der Waals surface area contributed by atoms with Gasteiger partial charge in [0.2, 0.25) is 0 Å². The summed E-state index contributed by atoms with van der Waals surface area (Å²) in [7, 11) is 0. The van der Waals surface area contributed by atoms with E-state index >= 15 is 0 Å². The van der Waals surface area contributed by atoms with Crippen LogP contribution in [0.2, 0.25) is 5.02 Å². The van der Waals surface area contributed by atoms with Gasteiger partial charge < -0.3 is 4.90 Å². The second kappa shape index (κ2) is 8.34. The molecule has 0 spiro atoms. The third-order valence-electron chi connectivity index (χ3n) is 3.51. The van der Waals surface area contributed by atoms with Crippen LogP contribution in [0.4, 0.5) is 5.69 Å². The van der Waals surface area contributed by atoms with Gasteiger partial charge in [-0.3, -0.25) is 4.79 Å². The first-order chi connectivity index (χ1) is 11.1. The molecule has 23 heavy (non-hydrogen) atoms. The monoisotopic (exact) mass is 329 g/mol. The first-order valence-corrected chi connectivity index (χ1v) is 7.95. The van der Waals surface area contributed by atoms with E-state index in [-0.39, 0.29) is 5.91 Å². The summed E-state index contributed by atoms with van der Waals surface area (Å²) in [4.78, 5) is 14.3. The van der Waals surface area contributed by atoms with Gasteiger partial charge in [0.25, 0.3) is 5.91 Å². The maximum atomic E-state index is 12.0. The number of hydrogen-bond donors (Lipinski definition) is 1. The largest absolute Gasteiger partial charge is 0.372 e. The number of carbonyl (C=O) groups excluding carboxylic acids is 1. The molecule has 2 aromatic rings. The Balaban J connectivity index is 1.96. The predicted molar refractivity (Wildman–Crippen MR) is 96.5 cm³/mol. The summed E-state index contributed by atoms with van der Waals surface area (Å²) in [5.74, 6) is -0.235. The molecule has 0 bridgehead atoms. The molecule has 0 aliphatic heterocycles. The highest BCUT2D eigenvalue weighted by atomic mass is 35.5. The van der Waals surface area contributed by atoms with Crippen molar-refractivity contribution in [3.63, 3.8) is 0 Å². The first-order valence-electron chi connectivity index (χ1n) is 7.58. The minimum Gasteiger partial charge on any atom is -0.372 e. The lowest BCUT2D eigenvalue weighted by atomic mass is 10.2. The molecule has 4 nitrogen and oxygen atoms in total. The number of nitrogens with zero attached hydrogens (tertiary/aromatic N) is 2. The fourth-order valence-electron chi connectivity index (χ4n) is 2.19. The molecule has 0 unspecified atom stereocenters. The summed E-state index contributed by atoms with van der Waals surface area (Å²) in [6.45, 7) is 6.09. The lowest BCUT2D eigenvalue weighted by Crippen LogP contribution is -2.22. The minimum atomic E-state index is -0.235. The number of carbonyl (C=O) groups is 1. The molecule has 1 N–H and O–H groups in total. The minimum absolute atomic E-state index is 0.235. The molecule has 0 atom stereocenters. The van der Waals surface area contributed by atoms with E-state index in [1.165, 1.54) is 0 Å². The Labute approximate surface area is 141 Å². The summed E-state index contributed by atoms with van der Waals surface area (Å²) in [6.07, 6.45) is 1.58. The average molecular weight is 330 g/mol. The number of benzene rings is 2. The predicted octanol–water partition coefficient (Wildman–Crippen LogP) is 3.95. The van der Waals surface area contributed by atoms with Gasteiger partial charge in [-0.2, -0.15) is 5.10 Å². The van der Waals surface area contributed by atoms with Crippen molar-refractivity contribution in [2.24, 2.45) is 5.10 Å². The Kier molecular flexibility index (Phi) is 6.18. The molecule has 0 heterocycles. The van der Waals surface area contributed by atoms with Crippen LogP contribution in [0.15, 0.2) is 53.6 Å². The quantitative estimate of drug-likeness (QED) is 0.644. The Morgan fingerprint density at radius 2 is 1.70 bits per heavy atom. The van der Waals surface area contributed by atoms with Gasteiger partial charge in [0, 0.05) is 29.4 Å². The number of rotatable bonds is 6. The zero-order valence-corrected chi connectivity index (χ0v) is 14.0. The standard InChI is InChI=1S/C18H20ClN3O/c1-3-22(4-2)17-11-7-15(8-12-17)18(23)21-20-13-14-5-9-16(19)10-6-14/h5-13H,3-4H2,1-2H3,(H,21,23)/b20-13-. The molecule has 5 heteroatoms. The van der Waals surface area contributed by atoms with Crippen molar-refractivity contribution in [3.8, 4) is 0 Å². The number of hydrazone groups is 1. The Hall–Kier alpha value is -2.33. The summed E-state index contributed by atoms with van der Waals surface area (Å²) in [5.41, 5.74) is 5.08. The number of halogens is 1. The molecular weight excluding hydrogens is 310 g/mol. The highest BCUT2D eigenvalue weighted by Crippen LogP contribution is 2.14. The van der Waals surface area contributed by atoms with Crippen LogP contribution in [0.5, 0.6) is 0 Å². The van der Waals surface area contributed by atoms with Crippen LogP contribution in [-0.2, 0) is 0 Å². The van der Waals surface area contributed by atoms with Gasteiger partial charge in [-0.05, 0) is 55.8 Å². The normalized spacial score (nSPS) is 10.7. The maximum absolute atomic E-state index is 12.0. The van der Waals surface area contributed by atoms with Crippen molar-refractivity contribution in [3.05, 3.63) is 64.7 Å². The molecule has 0 aliphatic rings. The molecule has 2 aromatic carbocycles. The van der Waals surface area contributed by atoms with Gasteiger partial charge in [-0.15, -0.1) is 0 Å². The van der Waals surface area contributed by atoms with Crippen molar-refractivity contribution in [1.29, 1.82) is 0 Å². The van der Waals surface area contributed by atoms with E-state index in [2.05, 4.69) is 29.3 Å². The molecule has 0 radical (unpaired) electrons. The lowest BCUT2D eigenvalue weighted by molar-refractivity contribution is 0.0955. The van der Waals surface area contributed by atoms with Gasteiger partial charge in [-0.1, -0.05) is 23.7 Å². The molecule has 0 fully saturated rings. The molecule has 1 amide bonds. The van der Waals surface area contributed by atoms with Gasteiger partial charge in [-0.25, -0.2) is 5.43 Å². The fourth-order valence-corrected chi connectivity index (χ4v) is 2.32. The van der Waals surface area contributed by atoms with Crippen molar-refractivity contribution < 1.29 is 4.79 Å². The van der Waals surface area contributed by atoms with Gasteiger partial charge in [0.15, 0.2) is 0 Å². The third-order valence-corrected chi connectivity index (χ3v) is 3.76. The number of amides is 1. The van der Waals surface area contributed by atoms with E-state index in [1.807, 2.05) is 24.3 Å². The van der Waals surface area contributed by atoms with Crippen molar-refractivity contribution in [2.45, 2.75) is 13.8 Å². The summed E-state index contributed by atoms with van der Waals surface area (Å²) < 4.78 is 0. The van der Waals surface area contributed by atoms with Crippen LogP contribution >= 0.6 is 11.6 Å². The Bertz CT molecular complexity index is 662. The second-order valence-corrected chi connectivity index (χ2v) is 5.41. The molecule has 0 saturated heterocycles. The zero-order valence-electron chi connectivity index (χ0n) is 13.3. The molecular formula is C18H20ClN3O. The molecule has 0 aromatic heterocycles. The van der Waals surface area contributed by atoms with Crippen LogP contribution in [0.3, 0.4) is 0 Å². The highest BCUT2D eigenvalue weighted by Gasteiger charge is 2.06. The molecule has 0 saturated carbocycles. The van der Waals surface area contributed by atoms with E-state index in [4.69, 9.17) is 11.6 Å². The van der Waals surface area contributed by atoms with Gasteiger partial charge in [0.05, 0.1) is 6.21 Å². The summed E-state index contributed by atoms with van der Waals surface area (Å²) in [5, 5.41) is 4.63. The van der Waals surface area contributed by atoms with Crippen molar-refractivity contribution in [1.82, 2.24) is 5.43 Å². The van der Waals surface area contributed by atoms with Gasteiger partial charge >= 0.3 is 0 Å². The summed E-state index contributed by atoms with van der Waals surface area (Å²) in [6, 6.07) is 14.7. The number of anilines is 1. The Morgan fingerprint density at radius 1 is 1.09 bits per heavy atom. The molecule has 120 valence electrons. The third kappa shape index (κ3) is 4.83. The van der Waals surface area contributed by atoms with Crippen molar-refractivity contribution >= 4 is 29.4 Å². The second-order valence-electron chi connectivity index (χ2n) is 4.97. The highest BCUT2D eigenvalue weighted by molar-refractivity contribution is 6.30. The van der Waals surface area contributed by atoms with Crippen LogP contribution in [0, 0.1) is 0 Å². The topological polar surface area (TPSA) is 44.7 Å². The average Bonchev–Trinajstić information content (AvgIpc) is 2.58. The van der Waals surface area contributed by atoms with Gasteiger partial charge in [0.1, 0.15) is 0 Å². The molecule has 0 aliphatic carbocycles. The van der Waals surface area contributed by atoms with E-state index in [1.54, 1.807) is 30.5 Å².